The second-order valence-electron chi connectivity index (χ2n) is 5.51. The summed E-state index contributed by atoms with van der Waals surface area (Å²) in [6.07, 6.45) is 7.16. The number of amides is 1. The predicted octanol–water partition coefficient (Wildman–Crippen LogP) is 3.95. The average molecular weight is 372 g/mol. The minimum atomic E-state index is -0.414. The molecule has 6 nitrogen and oxygen atoms in total. The van der Waals surface area contributed by atoms with Gasteiger partial charge < -0.3 is 9.84 Å². The van der Waals surface area contributed by atoms with E-state index in [-0.39, 0.29) is 5.91 Å². The summed E-state index contributed by atoms with van der Waals surface area (Å²) in [7, 11) is 0. The van der Waals surface area contributed by atoms with Crippen LogP contribution in [-0.2, 0) is 0 Å². The zero-order valence-electron chi connectivity index (χ0n) is 14.3. The summed E-state index contributed by atoms with van der Waals surface area (Å²) < 4.78 is 18.3. The molecule has 0 saturated heterocycles. The van der Waals surface area contributed by atoms with Crippen LogP contribution in [0.1, 0.15) is 39.3 Å². The topological polar surface area (TPSA) is 80.9 Å². The summed E-state index contributed by atoms with van der Waals surface area (Å²) in [4.78, 5) is 20.8. The highest BCUT2D eigenvalue weighted by molar-refractivity contribution is 7.14. The van der Waals surface area contributed by atoms with Crippen molar-refractivity contribution in [2.24, 2.45) is 0 Å². The van der Waals surface area contributed by atoms with Gasteiger partial charge in [0.05, 0.1) is 18.1 Å². The molecule has 0 bridgehead atoms. The van der Waals surface area contributed by atoms with Crippen LogP contribution in [0.5, 0.6) is 0 Å². The fraction of sp³-hybridized carbons (Fsp3) is 0.222. The first-order valence-electron chi connectivity index (χ1n) is 8.08. The van der Waals surface area contributed by atoms with Crippen molar-refractivity contribution in [3.63, 3.8) is 0 Å². The molecule has 3 heterocycles. The highest BCUT2D eigenvalue weighted by Crippen LogP contribution is 2.26. The van der Waals surface area contributed by atoms with Gasteiger partial charge in [-0.3, -0.25) is 9.78 Å². The molecular formula is C18H17FN4O2S. The number of carbonyl (C=O) groups is 1. The average Bonchev–Trinajstić information content (AvgIpc) is 3.25. The molecule has 134 valence electrons. The summed E-state index contributed by atoms with van der Waals surface area (Å²) in [5.41, 5.74) is 1.77. The third-order valence-electron chi connectivity index (χ3n) is 3.55. The number of halogens is 1. The maximum absolute atomic E-state index is 13.1. The van der Waals surface area contributed by atoms with Crippen LogP contribution in [0.3, 0.4) is 0 Å². The van der Waals surface area contributed by atoms with Crippen LogP contribution in [0.2, 0.25) is 0 Å². The van der Waals surface area contributed by atoms with Crippen LogP contribution >= 0.6 is 11.3 Å². The van der Waals surface area contributed by atoms with Gasteiger partial charge in [0.2, 0.25) is 0 Å². The molecule has 0 saturated carbocycles. The molecule has 3 rings (SSSR count). The molecule has 0 radical (unpaired) electrons. The molecule has 8 heteroatoms. The zero-order chi connectivity index (χ0) is 18.5. The number of aromatic nitrogens is 3. The van der Waals surface area contributed by atoms with E-state index < -0.39 is 5.82 Å². The van der Waals surface area contributed by atoms with Gasteiger partial charge in [0.1, 0.15) is 27.2 Å². The Morgan fingerprint density at radius 2 is 2.15 bits per heavy atom. The van der Waals surface area contributed by atoms with Crippen molar-refractivity contribution in [2.75, 3.05) is 6.54 Å². The maximum Gasteiger partial charge on any atom is 0.263 e. The van der Waals surface area contributed by atoms with Gasteiger partial charge in [-0.25, -0.2) is 9.37 Å². The van der Waals surface area contributed by atoms with Gasteiger partial charge in [-0.05, 0) is 37.6 Å². The van der Waals surface area contributed by atoms with Gasteiger partial charge in [0, 0.05) is 12.1 Å². The quantitative estimate of drug-likeness (QED) is 0.708. The highest BCUT2D eigenvalue weighted by Gasteiger charge is 2.14. The van der Waals surface area contributed by atoms with Crippen molar-refractivity contribution >= 4 is 29.4 Å². The molecule has 0 aliphatic heterocycles. The molecule has 26 heavy (non-hydrogen) atoms. The zero-order valence-corrected chi connectivity index (χ0v) is 15.1. The van der Waals surface area contributed by atoms with Gasteiger partial charge in [0.15, 0.2) is 0 Å². The first-order chi connectivity index (χ1) is 12.6. The molecule has 3 aromatic rings. The Morgan fingerprint density at radius 1 is 1.31 bits per heavy atom. The Hall–Kier alpha value is -2.87. The molecule has 0 fully saturated rings. The summed E-state index contributed by atoms with van der Waals surface area (Å²) in [5.74, 6) is 0.0731. The lowest BCUT2D eigenvalue weighted by Gasteiger charge is -1.98. The van der Waals surface area contributed by atoms with Gasteiger partial charge in [-0.1, -0.05) is 12.1 Å². The van der Waals surface area contributed by atoms with E-state index in [1.807, 2.05) is 6.92 Å². The van der Waals surface area contributed by atoms with Gasteiger partial charge >= 0.3 is 0 Å². The lowest BCUT2D eigenvalue weighted by atomic mass is 10.1. The van der Waals surface area contributed by atoms with E-state index in [0.717, 1.165) is 18.2 Å². The highest BCUT2D eigenvalue weighted by atomic mass is 32.1. The first-order valence-corrected chi connectivity index (χ1v) is 8.90. The Kier molecular flexibility index (Phi) is 5.52. The van der Waals surface area contributed by atoms with E-state index in [9.17, 15) is 9.18 Å². The van der Waals surface area contributed by atoms with Gasteiger partial charge in [0.25, 0.3) is 5.91 Å². The first kappa shape index (κ1) is 17.9. The molecule has 3 aromatic heterocycles. The van der Waals surface area contributed by atoms with Gasteiger partial charge in [-0.2, -0.15) is 0 Å². The lowest BCUT2D eigenvalue weighted by molar-refractivity contribution is 0.0957. The molecule has 1 amide bonds. The number of thiazole rings is 1. The van der Waals surface area contributed by atoms with E-state index >= 15 is 0 Å². The number of pyridine rings is 1. The van der Waals surface area contributed by atoms with E-state index in [0.29, 0.717) is 33.6 Å². The Balaban J connectivity index is 1.81. The molecule has 0 atom stereocenters. The van der Waals surface area contributed by atoms with E-state index in [1.54, 1.807) is 31.3 Å². The third kappa shape index (κ3) is 4.02. The number of nitrogens with one attached hydrogen (secondary N) is 1. The van der Waals surface area contributed by atoms with Crippen LogP contribution in [0, 0.1) is 12.7 Å². The fourth-order valence-electron chi connectivity index (χ4n) is 2.23. The number of nitrogens with zero attached hydrogens (tertiary/aromatic N) is 3. The smallest absolute Gasteiger partial charge is 0.263 e. The molecule has 0 unspecified atom stereocenters. The summed E-state index contributed by atoms with van der Waals surface area (Å²) in [6.45, 7) is 4.41. The van der Waals surface area contributed by atoms with Crippen molar-refractivity contribution < 1.29 is 13.7 Å². The maximum atomic E-state index is 13.1. The van der Waals surface area contributed by atoms with Crippen molar-refractivity contribution in [1.82, 2.24) is 20.4 Å². The second-order valence-corrected chi connectivity index (χ2v) is 6.58. The number of hydrogen-bond acceptors (Lipinski definition) is 6. The van der Waals surface area contributed by atoms with Crippen molar-refractivity contribution in [2.45, 2.75) is 20.3 Å². The molecular weight excluding hydrogens is 355 g/mol. The number of rotatable bonds is 6. The Morgan fingerprint density at radius 3 is 2.88 bits per heavy atom. The van der Waals surface area contributed by atoms with E-state index in [1.165, 1.54) is 17.4 Å². The normalized spacial score (nSPS) is 11.2. The van der Waals surface area contributed by atoms with Gasteiger partial charge in [-0.15, -0.1) is 11.3 Å². The van der Waals surface area contributed by atoms with E-state index in [4.69, 9.17) is 4.52 Å². The number of hydrogen-bond donors (Lipinski definition) is 1. The summed E-state index contributed by atoms with van der Waals surface area (Å²) in [5, 5.41) is 7.51. The van der Waals surface area contributed by atoms with Crippen LogP contribution in [0.4, 0.5) is 4.39 Å². The van der Waals surface area contributed by atoms with Crippen molar-refractivity contribution in [3.8, 4) is 11.4 Å². The molecule has 0 aliphatic carbocycles. The molecule has 0 aliphatic rings. The van der Waals surface area contributed by atoms with Crippen LogP contribution < -0.4 is 5.32 Å². The summed E-state index contributed by atoms with van der Waals surface area (Å²) in [6, 6.07) is 2.87. The SMILES string of the molecule is CCCNC(=O)c1cnc(C=Cc2c(-c3ccc(F)cn3)noc2C)s1. The van der Waals surface area contributed by atoms with Crippen LogP contribution in [0.15, 0.2) is 29.0 Å². The minimum Gasteiger partial charge on any atom is -0.360 e. The Labute approximate surface area is 153 Å². The monoisotopic (exact) mass is 372 g/mol. The molecule has 1 N–H and O–H groups in total. The fourth-order valence-corrected chi connectivity index (χ4v) is 2.96. The second kappa shape index (κ2) is 8.01. The lowest BCUT2D eigenvalue weighted by Crippen LogP contribution is -2.22. The molecule has 0 spiro atoms. The minimum absolute atomic E-state index is 0.124. The summed E-state index contributed by atoms with van der Waals surface area (Å²) >= 11 is 1.30. The largest absolute Gasteiger partial charge is 0.360 e. The third-order valence-corrected chi connectivity index (χ3v) is 4.52. The molecule has 0 aromatic carbocycles. The van der Waals surface area contributed by atoms with Crippen molar-refractivity contribution in [3.05, 3.63) is 51.6 Å². The van der Waals surface area contributed by atoms with Crippen molar-refractivity contribution in [1.29, 1.82) is 0 Å². The standard InChI is InChI=1S/C18H17FN4O2S/c1-3-8-20-18(24)15-10-22-16(26-15)7-5-13-11(2)25-23-17(13)14-6-4-12(19)9-21-14/h4-7,9-10H,3,8H2,1-2H3,(H,20,24). The Bertz CT molecular complexity index is 931. The van der Waals surface area contributed by atoms with Crippen LogP contribution in [0.25, 0.3) is 23.5 Å². The van der Waals surface area contributed by atoms with Crippen LogP contribution in [-0.4, -0.2) is 27.6 Å². The predicted molar refractivity (Wildman–Crippen MR) is 98.1 cm³/mol. The number of aryl methyl sites for hydroxylation is 1. The van der Waals surface area contributed by atoms with E-state index in [2.05, 4.69) is 20.4 Å². The number of carbonyl (C=O) groups excluding carboxylic acids is 1.